The molecule has 0 saturated heterocycles. The average Bonchev–Trinajstić information content (AvgIpc) is 2.30. The minimum Gasteiger partial charge on any atom is -0.376 e. The van der Waals surface area contributed by atoms with Crippen molar-refractivity contribution >= 4 is 34.9 Å². The van der Waals surface area contributed by atoms with Gasteiger partial charge in [0.2, 0.25) is 0 Å². The molecule has 0 atom stereocenters. The summed E-state index contributed by atoms with van der Waals surface area (Å²) in [6.07, 6.45) is 5.39. The summed E-state index contributed by atoms with van der Waals surface area (Å²) in [6.45, 7) is 0. The molecule has 0 bridgehead atoms. The molecule has 0 aliphatic rings. The van der Waals surface area contributed by atoms with Crippen LogP contribution in [-0.4, -0.2) is 16.1 Å². The lowest BCUT2D eigenvalue weighted by Crippen LogP contribution is -2.39. The minimum atomic E-state index is 0.0638. The number of nitrogens with zero attached hydrogens (tertiary/aromatic N) is 2. The van der Waals surface area contributed by atoms with Gasteiger partial charge in [0.15, 0.2) is 11.1 Å². The number of aliphatic imine (C=N–C) groups is 1. The molecular weight excluding hydrogens is 270 g/mol. The van der Waals surface area contributed by atoms with Crippen molar-refractivity contribution in [1.29, 1.82) is 0 Å². The summed E-state index contributed by atoms with van der Waals surface area (Å²) in [4.78, 5) is 7.94. The van der Waals surface area contributed by atoms with Crippen molar-refractivity contribution in [1.82, 2.24) is 10.3 Å². The van der Waals surface area contributed by atoms with Crippen LogP contribution in [0.5, 0.6) is 0 Å². The highest BCUT2D eigenvalue weighted by Gasteiger charge is 1.96. The van der Waals surface area contributed by atoms with Crippen molar-refractivity contribution in [3.8, 4) is 0 Å². The van der Waals surface area contributed by atoms with Gasteiger partial charge in [-0.15, -0.1) is 5.73 Å². The lowest BCUT2D eigenvalue weighted by atomic mass is 10.2. The number of hydrogen-bond donors (Lipinski definition) is 3. The third kappa shape index (κ3) is 5.45. The van der Waals surface area contributed by atoms with Crippen molar-refractivity contribution in [3.63, 3.8) is 0 Å². The van der Waals surface area contributed by atoms with Crippen molar-refractivity contribution in [2.24, 2.45) is 16.5 Å². The fourth-order valence-electron chi connectivity index (χ4n) is 1.04. The monoisotopic (exact) mass is 281 g/mol. The van der Waals surface area contributed by atoms with E-state index in [1.54, 1.807) is 24.4 Å². The third-order valence-electron chi connectivity index (χ3n) is 1.78. The average molecular weight is 282 g/mol. The van der Waals surface area contributed by atoms with E-state index in [0.29, 0.717) is 11.4 Å². The number of thiocarbonyl (C=S) groups is 1. The van der Waals surface area contributed by atoms with Gasteiger partial charge in [-0.3, -0.25) is 4.98 Å². The smallest absolute Gasteiger partial charge is 0.200 e. The first-order chi connectivity index (χ1) is 8.59. The number of hydrogen-bond acceptors (Lipinski definition) is 3. The molecule has 18 heavy (non-hydrogen) atoms. The Kier molecular flexibility index (Phi) is 5.87. The molecule has 0 saturated carbocycles. The molecule has 0 aliphatic heterocycles. The Bertz CT molecular complexity index is 520. The molecule has 94 valence electrons. The maximum atomic E-state index is 5.94. The number of nitrogens with one attached hydrogen (secondary N) is 1. The van der Waals surface area contributed by atoms with E-state index < -0.39 is 0 Å². The number of rotatable bonds is 3. The van der Waals surface area contributed by atoms with Crippen LogP contribution in [0.15, 0.2) is 41.3 Å². The van der Waals surface area contributed by atoms with E-state index in [1.807, 2.05) is 0 Å². The summed E-state index contributed by atoms with van der Waals surface area (Å²) in [5, 5.41) is 3.16. The van der Waals surface area contributed by atoms with Crippen molar-refractivity contribution in [3.05, 3.63) is 47.1 Å². The summed E-state index contributed by atoms with van der Waals surface area (Å²) in [5.41, 5.74) is 14.3. The molecule has 1 aromatic heterocycles. The molecule has 7 heteroatoms. The van der Waals surface area contributed by atoms with Gasteiger partial charge in [-0.25, -0.2) is 4.99 Å². The first-order valence-corrected chi connectivity index (χ1v) is 5.76. The molecule has 0 aromatic carbocycles. The van der Waals surface area contributed by atoms with Gasteiger partial charge in [-0.2, -0.15) is 0 Å². The molecule has 0 unspecified atom stereocenters. The first kappa shape index (κ1) is 14.2. The largest absolute Gasteiger partial charge is 0.376 e. The lowest BCUT2D eigenvalue weighted by Gasteiger charge is -1.98. The zero-order valence-corrected chi connectivity index (χ0v) is 11.0. The van der Waals surface area contributed by atoms with Crippen LogP contribution >= 0.6 is 23.8 Å². The van der Waals surface area contributed by atoms with Gasteiger partial charge in [0.05, 0.1) is 16.9 Å². The Morgan fingerprint density at radius 1 is 1.61 bits per heavy atom. The van der Waals surface area contributed by atoms with E-state index in [4.69, 9.17) is 23.1 Å². The minimum absolute atomic E-state index is 0.0638. The predicted octanol–water partition coefficient (Wildman–Crippen LogP) is 1.09. The van der Waals surface area contributed by atoms with Crippen LogP contribution in [0.3, 0.4) is 0 Å². The van der Waals surface area contributed by atoms with Gasteiger partial charge in [-0.1, -0.05) is 11.6 Å². The van der Waals surface area contributed by atoms with Gasteiger partial charge < -0.3 is 16.8 Å². The van der Waals surface area contributed by atoms with Crippen LogP contribution in [-0.2, 0) is 6.42 Å². The quantitative estimate of drug-likeness (QED) is 0.334. The van der Waals surface area contributed by atoms with E-state index in [-0.39, 0.29) is 11.1 Å². The van der Waals surface area contributed by atoms with Crippen molar-refractivity contribution in [2.75, 3.05) is 0 Å². The van der Waals surface area contributed by atoms with E-state index in [1.165, 1.54) is 6.20 Å². The van der Waals surface area contributed by atoms with E-state index in [9.17, 15) is 0 Å². The highest BCUT2D eigenvalue weighted by molar-refractivity contribution is 7.80. The highest BCUT2D eigenvalue weighted by atomic mass is 35.5. The van der Waals surface area contributed by atoms with Crippen LogP contribution in [0.4, 0.5) is 0 Å². The van der Waals surface area contributed by atoms with E-state index >= 15 is 0 Å². The lowest BCUT2D eigenvalue weighted by molar-refractivity contribution is 1.11. The van der Waals surface area contributed by atoms with Crippen LogP contribution < -0.4 is 16.8 Å². The Morgan fingerprint density at radius 2 is 2.39 bits per heavy atom. The van der Waals surface area contributed by atoms with E-state index in [0.717, 1.165) is 5.69 Å². The highest BCUT2D eigenvalue weighted by Crippen LogP contribution is 2.12. The third-order valence-corrected chi connectivity index (χ3v) is 2.22. The molecule has 1 heterocycles. The topological polar surface area (TPSA) is 89.3 Å². The fraction of sp³-hybridized carbons (Fsp3) is 0.0909. The molecule has 0 fully saturated rings. The first-order valence-electron chi connectivity index (χ1n) is 4.98. The van der Waals surface area contributed by atoms with Crippen molar-refractivity contribution in [2.45, 2.75) is 6.42 Å². The fourth-order valence-corrected chi connectivity index (χ4v) is 1.35. The second kappa shape index (κ2) is 7.45. The zero-order valence-electron chi connectivity index (χ0n) is 9.43. The molecule has 0 aliphatic carbocycles. The number of halogens is 1. The number of pyridine rings is 1. The standard InChI is InChI=1S/C11H12ClN5S/c12-8-4-3-7-15-9(8)5-1-2-6-16-10(13)17-11(14)18/h1,3-4,6-7H,5H2,(H5,13,14,16,17,18). The molecule has 1 aromatic rings. The SMILES string of the molecule is NC(=S)NC(N)=NC=C=CCc1ncccc1Cl. The summed E-state index contributed by atoms with van der Waals surface area (Å²) in [5.74, 6) is 0.110. The van der Waals surface area contributed by atoms with Crippen molar-refractivity contribution < 1.29 is 0 Å². The molecule has 1 rings (SSSR count). The normalized spacial score (nSPS) is 10.4. The summed E-state index contributed by atoms with van der Waals surface area (Å²) >= 11 is 10.5. The van der Waals surface area contributed by atoms with E-state index in [2.05, 4.69) is 33.2 Å². The zero-order chi connectivity index (χ0) is 13.4. The summed E-state index contributed by atoms with van der Waals surface area (Å²) < 4.78 is 0. The van der Waals surface area contributed by atoms with Gasteiger partial charge in [-0.05, 0) is 30.4 Å². The van der Waals surface area contributed by atoms with Gasteiger partial charge in [0.1, 0.15) is 0 Å². The summed E-state index contributed by atoms with van der Waals surface area (Å²) in [6, 6.07) is 3.56. The Labute approximate surface area is 115 Å². The summed E-state index contributed by atoms with van der Waals surface area (Å²) in [7, 11) is 0. The molecule has 0 spiro atoms. The van der Waals surface area contributed by atoms with Gasteiger partial charge in [0.25, 0.3) is 0 Å². The van der Waals surface area contributed by atoms with Crippen LogP contribution in [0.2, 0.25) is 5.02 Å². The predicted molar refractivity (Wildman–Crippen MR) is 77.1 cm³/mol. The number of aromatic nitrogens is 1. The Hall–Kier alpha value is -1.88. The molecule has 5 nitrogen and oxygen atoms in total. The van der Waals surface area contributed by atoms with Crippen LogP contribution in [0.1, 0.15) is 5.69 Å². The number of nitrogens with two attached hydrogens (primary N) is 2. The molecule has 5 N–H and O–H groups in total. The number of guanidine groups is 1. The van der Waals surface area contributed by atoms with Gasteiger partial charge >= 0.3 is 0 Å². The second-order valence-electron chi connectivity index (χ2n) is 3.14. The van der Waals surface area contributed by atoms with Crippen LogP contribution in [0.25, 0.3) is 0 Å². The number of allylic oxidation sites excluding steroid dienone is 1. The maximum absolute atomic E-state index is 5.94. The Balaban J connectivity index is 2.55. The van der Waals surface area contributed by atoms with Crippen LogP contribution in [0, 0.1) is 0 Å². The van der Waals surface area contributed by atoms with Gasteiger partial charge in [0, 0.05) is 12.6 Å². The Morgan fingerprint density at radius 3 is 3.06 bits per heavy atom. The molecular formula is C11H12ClN5S. The molecule has 0 radical (unpaired) electrons. The molecule has 0 amide bonds. The second-order valence-corrected chi connectivity index (χ2v) is 3.99. The maximum Gasteiger partial charge on any atom is 0.200 e.